The molecule has 16 heteroatoms. The largest absolute Gasteiger partial charge is 0.394 e. The molecule has 0 aromatic heterocycles. The number of hydrogen-bond acceptors (Lipinski definition) is 16. The number of hydrogen-bond donors (Lipinski definition) is 11. The third-order valence-electron chi connectivity index (χ3n) is 6.09. The van der Waals surface area contributed by atoms with Gasteiger partial charge in [-0.15, -0.1) is 0 Å². The monoisotopic (exact) mass is 504 g/mol. The summed E-state index contributed by atoms with van der Waals surface area (Å²) >= 11 is 0. The normalized spacial score (nSPS) is 52.5. The Hall–Kier alpha value is -0.640. The Balaban J connectivity index is 1.72. The zero-order valence-corrected chi connectivity index (χ0v) is 17.7. The van der Waals surface area contributed by atoms with E-state index in [0.29, 0.717) is 0 Å². The average Bonchev–Trinajstić information content (AvgIpc) is 2.83. The van der Waals surface area contributed by atoms with Crippen LogP contribution in [0.15, 0.2) is 0 Å². The van der Waals surface area contributed by atoms with Crippen molar-refractivity contribution >= 4 is 0 Å². The summed E-state index contributed by atoms with van der Waals surface area (Å²) in [5, 5.41) is 109. The third kappa shape index (κ3) is 5.37. The van der Waals surface area contributed by atoms with E-state index in [0.717, 1.165) is 0 Å². The van der Waals surface area contributed by atoms with Crippen LogP contribution < -0.4 is 0 Å². The first-order valence-electron chi connectivity index (χ1n) is 10.6. The molecule has 0 radical (unpaired) electrons. The zero-order valence-electron chi connectivity index (χ0n) is 17.7. The molecule has 0 saturated carbocycles. The molecule has 11 N–H and O–H groups in total. The summed E-state index contributed by atoms with van der Waals surface area (Å²) in [5.41, 5.74) is 0. The van der Waals surface area contributed by atoms with E-state index in [-0.39, 0.29) is 0 Å². The zero-order chi connectivity index (χ0) is 25.3. The quantitative estimate of drug-likeness (QED) is 0.154. The maximum absolute atomic E-state index is 10.6. The van der Waals surface area contributed by atoms with Crippen LogP contribution in [-0.4, -0.2) is 168 Å². The summed E-state index contributed by atoms with van der Waals surface area (Å²) in [6.07, 6.45) is -25.1. The summed E-state index contributed by atoms with van der Waals surface area (Å²) in [6, 6.07) is 0. The first kappa shape index (κ1) is 27.9. The van der Waals surface area contributed by atoms with Crippen LogP contribution in [0.25, 0.3) is 0 Å². The van der Waals surface area contributed by atoms with Crippen LogP contribution in [0, 0.1) is 0 Å². The maximum atomic E-state index is 10.6. The molecule has 16 nitrogen and oxygen atoms in total. The SMILES string of the molecule is OC[C@@H]1O[C@H](O)[C@@H](O)[C@H](O)[C@H]1O[C@@H]1O[C@H](CO)[C@@H](O[C@@H]2O[C@H](CO)[C@H](O)[C@@H](O)[C@@H]2O)[C@H](O)[C@@H]1O. The highest BCUT2D eigenvalue weighted by atomic mass is 16.8. The van der Waals surface area contributed by atoms with Gasteiger partial charge in [-0.25, -0.2) is 0 Å². The highest BCUT2D eigenvalue weighted by Crippen LogP contribution is 2.32. The molecule has 15 atom stereocenters. The number of aliphatic hydroxyl groups is 11. The van der Waals surface area contributed by atoms with E-state index in [1.54, 1.807) is 0 Å². The number of rotatable bonds is 7. The molecule has 0 aliphatic carbocycles. The molecular formula is C18H32O16. The minimum atomic E-state index is -1.91. The summed E-state index contributed by atoms with van der Waals surface area (Å²) in [5.74, 6) is 0. The van der Waals surface area contributed by atoms with E-state index in [1.165, 1.54) is 0 Å². The van der Waals surface area contributed by atoms with Crippen molar-refractivity contribution in [2.24, 2.45) is 0 Å². The second-order valence-corrected chi connectivity index (χ2v) is 8.33. The highest BCUT2D eigenvalue weighted by molar-refractivity contribution is 4.96. The lowest BCUT2D eigenvalue weighted by molar-refractivity contribution is -0.377. The van der Waals surface area contributed by atoms with Crippen molar-refractivity contribution in [1.29, 1.82) is 0 Å². The molecule has 3 heterocycles. The van der Waals surface area contributed by atoms with Crippen LogP contribution in [-0.2, 0) is 23.7 Å². The van der Waals surface area contributed by atoms with Gasteiger partial charge in [-0.05, 0) is 0 Å². The van der Waals surface area contributed by atoms with Gasteiger partial charge in [0, 0.05) is 0 Å². The lowest BCUT2D eigenvalue weighted by atomic mass is 9.96. The molecule has 0 bridgehead atoms. The van der Waals surface area contributed by atoms with Crippen molar-refractivity contribution < 1.29 is 79.9 Å². The fraction of sp³-hybridized carbons (Fsp3) is 1.00. The van der Waals surface area contributed by atoms with Crippen molar-refractivity contribution in [2.75, 3.05) is 19.8 Å². The molecule has 0 unspecified atom stereocenters. The van der Waals surface area contributed by atoms with E-state index in [9.17, 15) is 56.2 Å². The Kier molecular flexibility index (Phi) is 9.54. The Labute approximate surface area is 192 Å². The molecule has 0 aromatic rings. The molecule has 0 aromatic carbocycles. The first-order chi connectivity index (χ1) is 16.0. The lowest BCUT2D eigenvalue weighted by Crippen LogP contribution is -2.66. The molecule has 0 spiro atoms. The minimum Gasteiger partial charge on any atom is -0.394 e. The molecule has 3 aliphatic heterocycles. The predicted octanol–water partition coefficient (Wildman–Crippen LogP) is -7.57. The molecule has 3 saturated heterocycles. The van der Waals surface area contributed by atoms with Gasteiger partial charge in [0.15, 0.2) is 18.9 Å². The van der Waals surface area contributed by atoms with Crippen molar-refractivity contribution in [1.82, 2.24) is 0 Å². The number of ether oxygens (including phenoxy) is 5. The van der Waals surface area contributed by atoms with Crippen molar-refractivity contribution in [3.05, 3.63) is 0 Å². The van der Waals surface area contributed by atoms with E-state index in [1.807, 2.05) is 0 Å². The summed E-state index contributed by atoms with van der Waals surface area (Å²) < 4.78 is 26.4. The van der Waals surface area contributed by atoms with Crippen LogP contribution in [0.4, 0.5) is 0 Å². The van der Waals surface area contributed by atoms with Gasteiger partial charge in [0.1, 0.15) is 73.2 Å². The van der Waals surface area contributed by atoms with Crippen molar-refractivity contribution in [3.63, 3.8) is 0 Å². The summed E-state index contributed by atoms with van der Waals surface area (Å²) in [4.78, 5) is 0. The van der Waals surface area contributed by atoms with Gasteiger partial charge in [-0.2, -0.15) is 0 Å². The lowest BCUT2D eigenvalue weighted by Gasteiger charge is -2.47. The topological polar surface area (TPSA) is 269 Å². The average molecular weight is 504 g/mol. The summed E-state index contributed by atoms with van der Waals surface area (Å²) in [6.45, 7) is -2.32. The molecular weight excluding hydrogens is 472 g/mol. The Morgan fingerprint density at radius 2 is 0.853 bits per heavy atom. The fourth-order valence-electron chi connectivity index (χ4n) is 4.06. The third-order valence-corrected chi connectivity index (χ3v) is 6.09. The van der Waals surface area contributed by atoms with E-state index in [4.69, 9.17) is 23.7 Å². The highest BCUT2D eigenvalue weighted by Gasteiger charge is 2.53. The first-order valence-corrected chi connectivity index (χ1v) is 10.6. The van der Waals surface area contributed by atoms with Crippen LogP contribution in [0.3, 0.4) is 0 Å². The predicted molar refractivity (Wildman–Crippen MR) is 101 cm³/mol. The molecule has 0 amide bonds. The summed E-state index contributed by atoms with van der Waals surface area (Å²) in [7, 11) is 0. The Morgan fingerprint density at radius 1 is 0.441 bits per heavy atom. The fourth-order valence-corrected chi connectivity index (χ4v) is 4.06. The second-order valence-electron chi connectivity index (χ2n) is 8.33. The van der Waals surface area contributed by atoms with Gasteiger partial charge >= 0.3 is 0 Å². The standard InChI is InChI=1S/C18H32O16/c19-1-4-7(22)8(23)12(27)17(31-4)34-15-6(3-21)32-18(13(28)10(15)25)33-14-5(2-20)30-16(29)11(26)9(14)24/h4-29H,1-3H2/t4-,5+,6-,7+,8-,9+,10-,11+,12+,13+,14+,15-,16+,17+,18+/m1/s1. The van der Waals surface area contributed by atoms with Gasteiger partial charge in [0.05, 0.1) is 19.8 Å². The van der Waals surface area contributed by atoms with Crippen LogP contribution in [0.1, 0.15) is 0 Å². The van der Waals surface area contributed by atoms with Gasteiger partial charge < -0.3 is 79.9 Å². The van der Waals surface area contributed by atoms with Gasteiger partial charge in [0.2, 0.25) is 0 Å². The molecule has 3 aliphatic rings. The second kappa shape index (κ2) is 11.6. The van der Waals surface area contributed by atoms with Crippen LogP contribution in [0.2, 0.25) is 0 Å². The van der Waals surface area contributed by atoms with Gasteiger partial charge in [-0.1, -0.05) is 0 Å². The Bertz CT molecular complexity index is 635. The van der Waals surface area contributed by atoms with E-state index >= 15 is 0 Å². The van der Waals surface area contributed by atoms with Gasteiger partial charge in [0.25, 0.3) is 0 Å². The molecule has 200 valence electrons. The molecule has 34 heavy (non-hydrogen) atoms. The maximum Gasteiger partial charge on any atom is 0.187 e. The van der Waals surface area contributed by atoms with Crippen LogP contribution in [0.5, 0.6) is 0 Å². The van der Waals surface area contributed by atoms with Crippen molar-refractivity contribution in [2.45, 2.75) is 92.1 Å². The number of aliphatic hydroxyl groups excluding tert-OH is 11. The molecule has 3 rings (SSSR count). The van der Waals surface area contributed by atoms with E-state index in [2.05, 4.69) is 0 Å². The van der Waals surface area contributed by atoms with Crippen molar-refractivity contribution in [3.8, 4) is 0 Å². The molecule has 3 fully saturated rings. The minimum absolute atomic E-state index is 0.741. The smallest absolute Gasteiger partial charge is 0.187 e. The van der Waals surface area contributed by atoms with Gasteiger partial charge in [-0.3, -0.25) is 0 Å². The van der Waals surface area contributed by atoms with E-state index < -0.39 is 112 Å². The Morgan fingerprint density at radius 3 is 1.35 bits per heavy atom. The van der Waals surface area contributed by atoms with Crippen LogP contribution >= 0.6 is 0 Å².